The highest BCUT2D eigenvalue weighted by Crippen LogP contribution is 2.30. The lowest BCUT2D eigenvalue weighted by molar-refractivity contribution is -0.133. The summed E-state index contributed by atoms with van der Waals surface area (Å²) in [5.41, 5.74) is 7.64. The van der Waals surface area contributed by atoms with E-state index in [-0.39, 0.29) is 18.2 Å². The Morgan fingerprint density at radius 2 is 1.66 bits per heavy atom. The highest BCUT2D eigenvalue weighted by molar-refractivity contribution is 8.03. The molecule has 11 heteroatoms. The molecule has 220 valence electrons. The summed E-state index contributed by atoms with van der Waals surface area (Å²) in [7, 11) is 0. The average Bonchev–Trinajstić information content (AvgIpc) is 3.45. The minimum atomic E-state index is -0.973. The van der Waals surface area contributed by atoms with Crippen LogP contribution in [0.15, 0.2) is 60.7 Å². The van der Waals surface area contributed by atoms with Crippen molar-refractivity contribution in [1.29, 1.82) is 0 Å². The van der Waals surface area contributed by atoms with E-state index in [2.05, 4.69) is 21.3 Å². The molecular formula is C30H39N5O4S2. The molecule has 0 bridgehead atoms. The molecule has 2 aliphatic heterocycles. The molecule has 2 heterocycles. The van der Waals surface area contributed by atoms with E-state index in [0.717, 1.165) is 17.5 Å². The SMILES string of the molecule is CC1(C)SCCSCC(NC(=O)[C@H]2NCC[C@@H]2c2ccccc2)C(=O)N[C@@H](Cc2ccccc2)C(=O)N[C@H]1C(N)=O. The van der Waals surface area contributed by atoms with Crippen LogP contribution < -0.4 is 27.0 Å². The molecule has 2 aromatic rings. The Balaban J connectivity index is 1.56. The molecule has 2 aromatic carbocycles. The molecular weight excluding hydrogens is 558 g/mol. The highest BCUT2D eigenvalue weighted by Gasteiger charge is 2.39. The number of thioether (sulfide) groups is 2. The number of amides is 4. The zero-order chi connectivity index (χ0) is 29.4. The number of rotatable bonds is 6. The maximum atomic E-state index is 13.7. The summed E-state index contributed by atoms with van der Waals surface area (Å²) in [5, 5.41) is 11.9. The van der Waals surface area contributed by atoms with Crippen molar-refractivity contribution in [2.45, 2.75) is 61.5 Å². The van der Waals surface area contributed by atoms with Gasteiger partial charge in [-0.15, -0.1) is 0 Å². The molecule has 4 amide bonds. The van der Waals surface area contributed by atoms with E-state index in [4.69, 9.17) is 5.73 Å². The molecule has 0 aliphatic carbocycles. The fourth-order valence-corrected chi connectivity index (χ4v) is 7.60. The van der Waals surface area contributed by atoms with Gasteiger partial charge in [-0.3, -0.25) is 19.2 Å². The van der Waals surface area contributed by atoms with Gasteiger partial charge >= 0.3 is 0 Å². The molecule has 5 atom stereocenters. The average molecular weight is 598 g/mol. The second-order valence-electron chi connectivity index (χ2n) is 10.9. The minimum absolute atomic E-state index is 0.00245. The third-order valence-electron chi connectivity index (χ3n) is 7.53. The van der Waals surface area contributed by atoms with E-state index in [1.54, 1.807) is 11.8 Å². The predicted molar refractivity (Wildman–Crippen MR) is 165 cm³/mol. The van der Waals surface area contributed by atoms with Crippen molar-refractivity contribution in [2.24, 2.45) is 5.73 Å². The molecule has 0 radical (unpaired) electrons. The van der Waals surface area contributed by atoms with E-state index >= 15 is 0 Å². The van der Waals surface area contributed by atoms with Crippen molar-refractivity contribution in [3.8, 4) is 0 Å². The van der Waals surface area contributed by atoms with Gasteiger partial charge < -0.3 is 27.0 Å². The number of carbonyl (C=O) groups is 4. The predicted octanol–water partition coefficient (Wildman–Crippen LogP) is 1.57. The Bertz CT molecular complexity index is 1210. The summed E-state index contributed by atoms with van der Waals surface area (Å²) < 4.78 is -0.661. The number of carbonyl (C=O) groups excluding carboxylic acids is 4. The molecule has 2 saturated heterocycles. The van der Waals surface area contributed by atoms with E-state index in [1.165, 1.54) is 11.8 Å². The lowest BCUT2D eigenvalue weighted by atomic mass is 9.91. The van der Waals surface area contributed by atoms with Crippen LogP contribution in [0.5, 0.6) is 0 Å². The maximum Gasteiger partial charge on any atom is 0.244 e. The summed E-state index contributed by atoms with van der Waals surface area (Å²) in [6.45, 7) is 4.46. The smallest absolute Gasteiger partial charge is 0.244 e. The number of nitrogens with two attached hydrogens (primary N) is 1. The second-order valence-corrected chi connectivity index (χ2v) is 13.8. The topological polar surface area (TPSA) is 142 Å². The van der Waals surface area contributed by atoms with E-state index in [0.29, 0.717) is 23.8 Å². The second kappa shape index (κ2) is 14.2. The van der Waals surface area contributed by atoms with Gasteiger partial charge in [-0.1, -0.05) is 60.7 Å². The molecule has 2 fully saturated rings. The molecule has 0 aromatic heterocycles. The van der Waals surface area contributed by atoms with Gasteiger partial charge in [0.15, 0.2) is 0 Å². The Kier molecular flexibility index (Phi) is 10.7. The van der Waals surface area contributed by atoms with Gasteiger partial charge in [0, 0.05) is 34.3 Å². The molecule has 9 nitrogen and oxygen atoms in total. The van der Waals surface area contributed by atoms with Crippen LogP contribution in [-0.4, -0.2) is 76.3 Å². The van der Waals surface area contributed by atoms with Crippen LogP contribution >= 0.6 is 23.5 Å². The lowest BCUT2D eigenvalue weighted by Crippen LogP contribution is -2.61. The summed E-state index contributed by atoms with van der Waals surface area (Å²) in [6, 6.07) is 16.0. The number of primary amides is 1. The van der Waals surface area contributed by atoms with Crippen molar-refractivity contribution in [3.63, 3.8) is 0 Å². The van der Waals surface area contributed by atoms with Gasteiger partial charge in [0.25, 0.3) is 0 Å². The summed E-state index contributed by atoms with van der Waals surface area (Å²) in [4.78, 5) is 53.2. The lowest BCUT2D eigenvalue weighted by Gasteiger charge is -2.33. The van der Waals surface area contributed by atoms with Crippen LogP contribution in [0.4, 0.5) is 0 Å². The van der Waals surface area contributed by atoms with E-state index in [1.807, 2.05) is 74.5 Å². The molecule has 0 spiro atoms. The van der Waals surface area contributed by atoms with E-state index < -0.39 is 46.6 Å². The van der Waals surface area contributed by atoms with Crippen LogP contribution in [0.25, 0.3) is 0 Å². The third-order valence-corrected chi connectivity index (χ3v) is 10.2. The highest BCUT2D eigenvalue weighted by atomic mass is 32.2. The van der Waals surface area contributed by atoms with Crippen LogP contribution in [0, 0.1) is 0 Å². The first kappa shape index (κ1) is 30.9. The minimum Gasteiger partial charge on any atom is -0.368 e. The normalized spacial score (nSPS) is 27.3. The molecule has 6 N–H and O–H groups in total. The van der Waals surface area contributed by atoms with Crippen molar-refractivity contribution >= 4 is 47.2 Å². The van der Waals surface area contributed by atoms with Crippen LogP contribution in [-0.2, 0) is 25.6 Å². The van der Waals surface area contributed by atoms with Crippen molar-refractivity contribution in [1.82, 2.24) is 21.3 Å². The number of nitrogens with one attached hydrogen (secondary N) is 4. The first-order valence-corrected chi connectivity index (χ1v) is 16.0. The van der Waals surface area contributed by atoms with Gasteiger partial charge in [-0.05, 0) is 37.9 Å². The van der Waals surface area contributed by atoms with E-state index in [9.17, 15) is 19.2 Å². The van der Waals surface area contributed by atoms with Gasteiger partial charge in [0.1, 0.15) is 18.1 Å². The Hall–Kier alpha value is -3.02. The first-order chi connectivity index (χ1) is 19.7. The summed E-state index contributed by atoms with van der Waals surface area (Å²) in [5.74, 6) is -0.110. The van der Waals surface area contributed by atoms with Crippen molar-refractivity contribution in [2.75, 3.05) is 23.8 Å². The standard InChI is InChI=1S/C30H39N5O4S2/c1-30(2)25(26(31)36)35-27(37)22(17-19-9-5-3-6-10-19)33-28(38)23(18-40-15-16-41-30)34-29(39)24-21(13-14-32-24)20-11-7-4-8-12-20/h3-12,21-25,32H,13-18H2,1-2H3,(H2,31,36)(H,33,38)(H,34,39)(H,35,37)/t21-,22+,23?,24+,25+/m1/s1. The van der Waals surface area contributed by atoms with Crippen LogP contribution in [0.3, 0.4) is 0 Å². The molecule has 41 heavy (non-hydrogen) atoms. The quantitative estimate of drug-likeness (QED) is 0.340. The van der Waals surface area contributed by atoms with Gasteiger partial charge in [0.05, 0.1) is 6.04 Å². The van der Waals surface area contributed by atoms with Gasteiger partial charge in [-0.2, -0.15) is 23.5 Å². The molecule has 4 rings (SSSR count). The van der Waals surface area contributed by atoms with Crippen molar-refractivity contribution in [3.05, 3.63) is 71.8 Å². The van der Waals surface area contributed by atoms with Crippen LogP contribution in [0.1, 0.15) is 37.3 Å². The Morgan fingerprint density at radius 3 is 2.34 bits per heavy atom. The van der Waals surface area contributed by atoms with Gasteiger partial charge in [-0.25, -0.2) is 0 Å². The largest absolute Gasteiger partial charge is 0.368 e. The van der Waals surface area contributed by atoms with Crippen molar-refractivity contribution < 1.29 is 19.2 Å². The zero-order valence-electron chi connectivity index (χ0n) is 23.4. The number of hydrogen-bond donors (Lipinski definition) is 5. The molecule has 2 aliphatic rings. The zero-order valence-corrected chi connectivity index (χ0v) is 25.1. The fourth-order valence-electron chi connectivity index (χ4n) is 5.29. The monoisotopic (exact) mass is 597 g/mol. The maximum absolute atomic E-state index is 13.7. The molecule has 1 unspecified atom stereocenters. The first-order valence-electron chi connectivity index (χ1n) is 13.9. The van der Waals surface area contributed by atoms with Gasteiger partial charge in [0.2, 0.25) is 23.6 Å². The number of benzene rings is 2. The Labute approximate surface area is 249 Å². The fraction of sp³-hybridized carbons (Fsp3) is 0.467. The molecule has 0 saturated carbocycles. The Morgan fingerprint density at radius 1 is 0.976 bits per heavy atom. The summed E-state index contributed by atoms with van der Waals surface area (Å²) in [6.07, 6.45) is 1.03. The number of hydrogen-bond acceptors (Lipinski definition) is 7. The third kappa shape index (κ3) is 8.27. The van der Waals surface area contributed by atoms with Crippen LogP contribution in [0.2, 0.25) is 0 Å². The summed E-state index contributed by atoms with van der Waals surface area (Å²) >= 11 is 3.09.